The summed E-state index contributed by atoms with van der Waals surface area (Å²) in [5.41, 5.74) is 1.48. The van der Waals surface area contributed by atoms with Crippen molar-refractivity contribution in [3.8, 4) is 0 Å². The molecule has 0 aliphatic carbocycles. The number of amides is 1. The highest BCUT2D eigenvalue weighted by molar-refractivity contribution is 5.94. The molecule has 0 bridgehead atoms. The van der Waals surface area contributed by atoms with Gasteiger partial charge in [0.15, 0.2) is 0 Å². The van der Waals surface area contributed by atoms with Crippen LogP contribution in [0.1, 0.15) is 41.6 Å². The highest BCUT2D eigenvalue weighted by Gasteiger charge is 2.23. The Balaban J connectivity index is 2.07. The summed E-state index contributed by atoms with van der Waals surface area (Å²) in [4.78, 5) is 23.4. The van der Waals surface area contributed by atoms with E-state index in [2.05, 4.69) is 10.5 Å². The first-order valence-corrected chi connectivity index (χ1v) is 7.01. The maximum Gasteiger partial charge on any atom is 0.326 e. The number of rotatable bonds is 6. The number of benzene rings is 1. The highest BCUT2D eigenvalue weighted by Crippen LogP contribution is 2.14. The molecule has 0 saturated heterocycles. The molecule has 22 heavy (non-hydrogen) atoms. The van der Waals surface area contributed by atoms with Gasteiger partial charge in [0, 0.05) is 12.5 Å². The Bertz CT molecular complexity index is 649. The number of carbonyl (C=O) groups excluding carboxylic acids is 1. The summed E-state index contributed by atoms with van der Waals surface area (Å²) in [5, 5.41) is 15.5. The third kappa shape index (κ3) is 3.94. The SMILES string of the molecule is CC(C)c1cc(C(=O)NC(Cc2ccccc2)C(=O)O)on1. The predicted octanol–water partition coefficient (Wildman–Crippen LogP) is 2.22. The molecule has 0 aliphatic rings. The fourth-order valence-corrected chi connectivity index (χ4v) is 1.95. The Morgan fingerprint density at radius 1 is 1.27 bits per heavy atom. The minimum Gasteiger partial charge on any atom is -0.480 e. The fraction of sp³-hybridized carbons (Fsp3) is 0.312. The van der Waals surface area contributed by atoms with Crippen molar-refractivity contribution in [3.63, 3.8) is 0 Å². The second-order valence-corrected chi connectivity index (χ2v) is 5.32. The molecule has 2 rings (SSSR count). The van der Waals surface area contributed by atoms with Crippen molar-refractivity contribution in [2.75, 3.05) is 0 Å². The molecule has 2 aromatic rings. The van der Waals surface area contributed by atoms with Crippen LogP contribution in [0.15, 0.2) is 40.9 Å². The van der Waals surface area contributed by atoms with Crippen molar-refractivity contribution in [2.24, 2.45) is 0 Å². The third-order valence-electron chi connectivity index (χ3n) is 3.23. The number of carbonyl (C=O) groups is 2. The maximum absolute atomic E-state index is 12.1. The van der Waals surface area contributed by atoms with E-state index in [1.807, 2.05) is 44.2 Å². The number of hydrogen-bond acceptors (Lipinski definition) is 4. The van der Waals surface area contributed by atoms with Gasteiger partial charge >= 0.3 is 5.97 Å². The molecule has 1 heterocycles. The van der Waals surface area contributed by atoms with E-state index in [0.717, 1.165) is 5.56 Å². The minimum atomic E-state index is -1.10. The lowest BCUT2D eigenvalue weighted by atomic mass is 10.1. The standard InChI is InChI=1S/C16H18N2O4/c1-10(2)12-9-14(22-18-12)15(19)17-13(16(20)21)8-11-6-4-3-5-7-11/h3-7,9-10,13H,8H2,1-2H3,(H,17,19)(H,20,21). The van der Waals surface area contributed by atoms with E-state index in [-0.39, 0.29) is 18.1 Å². The maximum atomic E-state index is 12.1. The number of carboxylic acids is 1. The summed E-state index contributed by atoms with van der Waals surface area (Å²) >= 11 is 0. The van der Waals surface area contributed by atoms with Gasteiger partial charge in [-0.3, -0.25) is 4.79 Å². The van der Waals surface area contributed by atoms with E-state index in [0.29, 0.717) is 5.69 Å². The van der Waals surface area contributed by atoms with Crippen LogP contribution in [-0.2, 0) is 11.2 Å². The molecule has 1 aromatic heterocycles. The number of aromatic nitrogens is 1. The zero-order valence-corrected chi connectivity index (χ0v) is 12.4. The van der Waals surface area contributed by atoms with Gasteiger partial charge in [-0.2, -0.15) is 0 Å². The van der Waals surface area contributed by atoms with Crippen molar-refractivity contribution in [1.82, 2.24) is 10.5 Å². The van der Waals surface area contributed by atoms with E-state index in [1.54, 1.807) is 0 Å². The van der Waals surface area contributed by atoms with Gasteiger partial charge in [-0.1, -0.05) is 49.3 Å². The Morgan fingerprint density at radius 3 is 2.50 bits per heavy atom. The first-order chi connectivity index (χ1) is 10.5. The first kappa shape index (κ1) is 15.8. The molecule has 2 N–H and O–H groups in total. The number of nitrogens with one attached hydrogen (secondary N) is 1. The van der Waals surface area contributed by atoms with Crippen LogP contribution < -0.4 is 5.32 Å². The Labute approximate surface area is 128 Å². The summed E-state index contributed by atoms with van der Waals surface area (Å²) in [6.45, 7) is 3.85. The van der Waals surface area contributed by atoms with Gasteiger partial charge in [-0.05, 0) is 11.5 Å². The van der Waals surface area contributed by atoms with E-state index in [9.17, 15) is 14.7 Å². The fourth-order valence-electron chi connectivity index (χ4n) is 1.95. The molecule has 0 aliphatic heterocycles. The second kappa shape index (κ2) is 6.89. The zero-order valence-electron chi connectivity index (χ0n) is 12.4. The molecule has 6 heteroatoms. The van der Waals surface area contributed by atoms with E-state index < -0.39 is 17.9 Å². The van der Waals surface area contributed by atoms with Crippen LogP contribution in [0.2, 0.25) is 0 Å². The molecular weight excluding hydrogens is 284 g/mol. The van der Waals surface area contributed by atoms with Crippen LogP contribution in [0, 0.1) is 0 Å². The molecule has 0 radical (unpaired) electrons. The third-order valence-corrected chi connectivity index (χ3v) is 3.23. The summed E-state index contributed by atoms with van der Waals surface area (Å²) in [5.74, 6) is -1.53. The lowest BCUT2D eigenvalue weighted by Crippen LogP contribution is -2.42. The average Bonchev–Trinajstić information content (AvgIpc) is 2.97. The van der Waals surface area contributed by atoms with Crippen LogP contribution >= 0.6 is 0 Å². The molecular formula is C16H18N2O4. The van der Waals surface area contributed by atoms with Crippen LogP contribution in [0.25, 0.3) is 0 Å². The van der Waals surface area contributed by atoms with Crippen LogP contribution in [0.3, 0.4) is 0 Å². The minimum absolute atomic E-state index is 0.0167. The van der Waals surface area contributed by atoms with E-state index in [1.165, 1.54) is 6.07 Å². The van der Waals surface area contributed by atoms with Gasteiger partial charge in [0.25, 0.3) is 5.91 Å². The molecule has 0 saturated carbocycles. The second-order valence-electron chi connectivity index (χ2n) is 5.32. The summed E-state index contributed by atoms with van der Waals surface area (Å²) in [7, 11) is 0. The first-order valence-electron chi connectivity index (χ1n) is 7.01. The summed E-state index contributed by atoms with van der Waals surface area (Å²) in [6.07, 6.45) is 0.201. The molecule has 0 fully saturated rings. The molecule has 116 valence electrons. The van der Waals surface area contributed by atoms with Crippen LogP contribution in [0.4, 0.5) is 0 Å². The van der Waals surface area contributed by atoms with E-state index in [4.69, 9.17) is 4.52 Å². The topological polar surface area (TPSA) is 92.4 Å². The van der Waals surface area contributed by atoms with Gasteiger partial charge in [0.2, 0.25) is 5.76 Å². The molecule has 1 unspecified atom stereocenters. The normalized spacial score (nSPS) is 12.1. The quantitative estimate of drug-likeness (QED) is 0.853. The molecule has 1 aromatic carbocycles. The van der Waals surface area contributed by atoms with Crippen molar-refractivity contribution < 1.29 is 19.2 Å². The smallest absolute Gasteiger partial charge is 0.326 e. The number of carboxylic acid groups (broad SMARTS) is 1. The zero-order chi connectivity index (χ0) is 16.1. The molecule has 1 amide bonds. The van der Waals surface area contributed by atoms with Crippen molar-refractivity contribution in [2.45, 2.75) is 32.2 Å². The molecule has 6 nitrogen and oxygen atoms in total. The number of nitrogens with zero attached hydrogens (tertiary/aromatic N) is 1. The van der Waals surface area contributed by atoms with E-state index >= 15 is 0 Å². The van der Waals surface area contributed by atoms with Gasteiger partial charge in [0.1, 0.15) is 6.04 Å². The Kier molecular flexibility index (Phi) is 4.93. The Hall–Kier alpha value is -2.63. The van der Waals surface area contributed by atoms with Gasteiger partial charge < -0.3 is 14.9 Å². The lowest BCUT2D eigenvalue weighted by molar-refractivity contribution is -0.139. The molecule has 0 spiro atoms. The largest absolute Gasteiger partial charge is 0.480 e. The summed E-state index contributed by atoms with van der Waals surface area (Å²) in [6, 6.07) is 9.62. The summed E-state index contributed by atoms with van der Waals surface area (Å²) < 4.78 is 4.96. The van der Waals surface area contributed by atoms with Crippen LogP contribution in [-0.4, -0.2) is 28.2 Å². The van der Waals surface area contributed by atoms with Gasteiger partial charge in [-0.15, -0.1) is 0 Å². The van der Waals surface area contributed by atoms with Crippen molar-refractivity contribution >= 4 is 11.9 Å². The number of aliphatic carboxylic acids is 1. The van der Waals surface area contributed by atoms with Crippen LogP contribution in [0.5, 0.6) is 0 Å². The number of hydrogen-bond donors (Lipinski definition) is 2. The lowest BCUT2D eigenvalue weighted by Gasteiger charge is -2.13. The van der Waals surface area contributed by atoms with Crippen molar-refractivity contribution in [3.05, 3.63) is 53.4 Å². The van der Waals surface area contributed by atoms with Gasteiger partial charge in [-0.25, -0.2) is 4.79 Å². The van der Waals surface area contributed by atoms with Crippen molar-refractivity contribution in [1.29, 1.82) is 0 Å². The highest BCUT2D eigenvalue weighted by atomic mass is 16.5. The predicted molar refractivity (Wildman–Crippen MR) is 79.6 cm³/mol. The monoisotopic (exact) mass is 302 g/mol. The van der Waals surface area contributed by atoms with Gasteiger partial charge in [0.05, 0.1) is 5.69 Å². The average molecular weight is 302 g/mol. The Morgan fingerprint density at radius 2 is 1.95 bits per heavy atom. The molecule has 1 atom stereocenters.